The van der Waals surface area contributed by atoms with Gasteiger partial charge in [0.1, 0.15) is 11.0 Å². The van der Waals surface area contributed by atoms with Crippen LogP contribution in [0.1, 0.15) is 6.92 Å². The summed E-state index contributed by atoms with van der Waals surface area (Å²) in [5.41, 5.74) is 6.14. The molecular weight excluding hydrogens is 320 g/mol. The number of nitrogens with two attached hydrogens (primary N) is 1. The number of esters is 1. The van der Waals surface area contributed by atoms with Gasteiger partial charge in [-0.25, -0.2) is 8.42 Å². The molecule has 0 radical (unpaired) electrons. The number of sulfone groups is 1. The van der Waals surface area contributed by atoms with E-state index in [4.69, 9.17) is 17.3 Å². The molecule has 21 heavy (non-hydrogen) atoms. The van der Waals surface area contributed by atoms with Crippen LogP contribution in [0.25, 0.3) is 0 Å². The number of amides is 1. The number of ether oxygens (including phenoxy) is 1. The van der Waals surface area contributed by atoms with Crippen molar-refractivity contribution in [3.8, 4) is 0 Å². The van der Waals surface area contributed by atoms with Crippen molar-refractivity contribution in [3.63, 3.8) is 0 Å². The first-order chi connectivity index (χ1) is 9.67. The van der Waals surface area contributed by atoms with Crippen molar-refractivity contribution in [3.05, 3.63) is 23.2 Å². The molecule has 0 heterocycles. The number of carbonyl (C=O) groups excluding carboxylic acids is 2. The summed E-state index contributed by atoms with van der Waals surface area (Å²) in [6, 6.07) is 4.36. The summed E-state index contributed by atoms with van der Waals surface area (Å²) in [6.07, 6.45) is 0. The second kappa shape index (κ2) is 6.77. The molecule has 1 atom stereocenters. The molecule has 0 saturated heterocycles. The Labute approximate surface area is 127 Å². The largest absolute Gasteiger partial charge is 0.468 e. The predicted molar refractivity (Wildman–Crippen MR) is 79.8 cm³/mol. The van der Waals surface area contributed by atoms with Crippen LogP contribution in [0.5, 0.6) is 0 Å². The maximum Gasteiger partial charge on any atom is 0.320 e. The third kappa shape index (κ3) is 4.61. The van der Waals surface area contributed by atoms with Gasteiger partial charge in [0.05, 0.1) is 17.8 Å². The van der Waals surface area contributed by atoms with E-state index in [1.807, 2.05) is 0 Å². The van der Waals surface area contributed by atoms with Crippen molar-refractivity contribution in [2.75, 3.05) is 23.9 Å². The molecule has 0 aliphatic carbocycles. The third-order valence-corrected chi connectivity index (χ3v) is 4.99. The van der Waals surface area contributed by atoms with E-state index in [9.17, 15) is 18.0 Å². The molecule has 1 rings (SSSR count). The Morgan fingerprint density at radius 2 is 2.05 bits per heavy atom. The highest BCUT2D eigenvalue weighted by molar-refractivity contribution is 7.93. The highest BCUT2D eigenvalue weighted by Gasteiger charge is 2.30. The van der Waals surface area contributed by atoms with E-state index in [1.54, 1.807) is 0 Å². The molecule has 0 aromatic heterocycles. The summed E-state index contributed by atoms with van der Waals surface area (Å²) in [6.45, 7) is 1.19. The fourth-order valence-corrected chi connectivity index (χ4v) is 2.58. The molecule has 1 unspecified atom stereocenters. The highest BCUT2D eigenvalue weighted by atomic mass is 35.5. The van der Waals surface area contributed by atoms with Gasteiger partial charge >= 0.3 is 5.97 Å². The Bertz CT molecular complexity index is 660. The first kappa shape index (κ1) is 17.3. The molecule has 1 aromatic carbocycles. The summed E-state index contributed by atoms with van der Waals surface area (Å²) < 4.78 is 28.0. The molecule has 0 spiro atoms. The zero-order chi connectivity index (χ0) is 16.2. The third-order valence-electron chi connectivity index (χ3n) is 2.72. The van der Waals surface area contributed by atoms with Crippen molar-refractivity contribution in [1.29, 1.82) is 0 Å². The standard InChI is InChI=1S/C12H15ClN2O5S/c1-7(21(18,19)6-11(16)20-2)12(17)15-8-3-4-9(13)10(14)5-8/h3-5,7H,6,14H2,1-2H3,(H,15,17). The number of methoxy groups -OCH3 is 1. The van der Waals surface area contributed by atoms with Crippen LogP contribution < -0.4 is 11.1 Å². The van der Waals surface area contributed by atoms with E-state index in [-0.39, 0.29) is 5.69 Å². The lowest BCUT2D eigenvalue weighted by atomic mass is 10.2. The van der Waals surface area contributed by atoms with Crippen LogP contribution >= 0.6 is 11.6 Å². The van der Waals surface area contributed by atoms with Crippen LogP contribution in [-0.4, -0.2) is 38.4 Å². The minimum absolute atomic E-state index is 0.250. The average molecular weight is 335 g/mol. The Morgan fingerprint density at radius 3 is 2.57 bits per heavy atom. The van der Waals surface area contributed by atoms with E-state index in [1.165, 1.54) is 25.1 Å². The number of hydrogen-bond donors (Lipinski definition) is 2. The molecule has 9 heteroatoms. The van der Waals surface area contributed by atoms with Gasteiger partial charge in [-0.2, -0.15) is 0 Å². The second-order valence-corrected chi connectivity index (χ2v) is 6.98. The van der Waals surface area contributed by atoms with E-state index in [0.29, 0.717) is 10.7 Å². The monoisotopic (exact) mass is 334 g/mol. The van der Waals surface area contributed by atoms with Gasteiger partial charge < -0.3 is 15.8 Å². The lowest BCUT2D eigenvalue weighted by molar-refractivity contribution is -0.137. The number of rotatable bonds is 5. The van der Waals surface area contributed by atoms with Crippen LogP contribution in [0, 0.1) is 0 Å². The maximum absolute atomic E-state index is 11.9. The summed E-state index contributed by atoms with van der Waals surface area (Å²) in [4.78, 5) is 22.9. The zero-order valence-electron chi connectivity index (χ0n) is 11.4. The maximum atomic E-state index is 11.9. The van der Waals surface area contributed by atoms with Crippen LogP contribution in [-0.2, 0) is 24.2 Å². The minimum Gasteiger partial charge on any atom is -0.468 e. The fraction of sp³-hybridized carbons (Fsp3) is 0.333. The smallest absolute Gasteiger partial charge is 0.320 e. The van der Waals surface area contributed by atoms with Crippen molar-refractivity contribution in [2.45, 2.75) is 12.2 Å². The summed E-state index contributed by atoms with van der Waals surface area (Å²) in [5, 5.41) is 1.31. The van der Waals surface area contributed by atoms with Crippen molar-refractivity contribution >= 4 is 44.7 Å². The van der Waals surface area contributed by atoms with Gasteiger partial charge in [-0.15, -0.1) is 0 Å². The van der Waals surface area contributed by atoms with Gasteiger partial charge in [0.2, 0.25) is 5.91 Å². The topological polar surface area (TPSA) is 116 Å². The Hall–Kier alpha value is -1.80. The molecule has 0 aliphatic heterocycles. The van der Waals surface area contributed by atoms with Gasteiger partial charge in [-0.05, 0) is 25.1 Å². The molecular formula is C12H15ClN2O5S. The lowest BCUT2D eigenvalue weighted by Crippen LogP contribution is -2.36. The minimum atomic E-state index is -3.95. The van der Waals surface area contributed by atoms with Crippen LogP contribution in [0.4, 0.5) is 11.4 Å². The highest BCUT2D eigenvalue weighted by Crippen LogP contribution is 2.22. The van der Waals surface area contributed by atoms with Crippen molar-refractivity contribution in [1.82, 2.24) is 0 Å². The van der Waals surface area contributed by atoms with Gasteiger partial charge in [0.15, 0.2) is 9.84 Å². The van der Waals surface area contributed by atoms with Gasteiger partial charge in [-0.3, -0.25) is 9.59 Å². The first-order valence-electron chi connectivity index (χ1n) is 5.81. The lowest BCUT2D eigenvalue weighted by Gasteiger charge is -2.13. The van der Waals surface area contributed by atoms with Crippen molar-refractivity contribution < 1.29 is 22.7 Å². The van der Waals surface area contributed by atoms with Crippen LogP contribution in [0.3, 0.4) is 0 Å². The van der Waals surface area contributed by atoms with Gasteiger partial charge in [-0.1, -0.05) is 11.6 Å². The number of halogens is 1. The Morgan fingerprint density at radius 1 is 1.43 bits per heavy atom. The fourth-order valence-electron chi connectivity index (χ4n) is 1.38. The molecule has 7 nitrogen and oxygen atoms in total. The molecule has 0 saturated carbocycles. The molecule has 3 N–H and O–H groups in total. The molecule has 0 fully saturated rings. The van der Waals surface area contributed by atoms with E-state index in [0.717, 1.165) is 7.11 Å². The van der Waals surface area contributed by atoms with Gasteiger partial charge in [0.25, 0.3) is 0 Å². The number of hydrogen-bond acceptors (Lipinski definition) is 6. The Kier molecular flexibility index (Phi) is 5.56. The van der Waals surface area contributed by atoms with E-state index in [2.05, 4.69) is 10.1 Å². The van der Waals surface area contributed by atoms with E-state index >= 15 is 0 Å². The zero-order valence-corrected chi connectivity index (χ0v) is 13.0. The van der Waals surface area contributed by atoms with Gasteiger partial charge in [0, 0.05) is 5.69 Å². The molecule has 0 bridgehead atoms. The second-order valence-electron chi connectivity index (χ2n) is 4.25. The molecule has 0 aliphatic rings. The van der Waals surface area contributed by atoms with Crippen molar-refractivity contribution in [2.24, 2.45) is 0 Å². The SMILES string of the molecule is COC(=O)CS(=O)(=O)C(C)C(=O)Nc1ccc(Cl)c(N)c1. The average Bonchev–Trinajstić information content (AvgIpc) is 2.41. The van der Waals surface area contributed by atoms with E-state index < -0.39 is 32.7 Å². The summed E-state index contributed by atoms with van der Waals surface area (Å²) in [5.74, 6) is -2.56. The number of anilines is 2. The molecule has 116 valence electrons. The predicted octanol–water partition coefficient (Wildman–Crippen LogP) is 0.837. The Balaban J connectivity index is 2.83. The first-order valence-corrected chi connectivity index (χ1v) is 7.91. The number of carbonyl (C=O) groups is 2. The molecule has 1 amide bonds. The summed E-state index contributed by atoms with van der Waals surface area (Å²) >= 11 is 5.74. The summed E-state index contributed by atoms with van der Waals surface area (Å²) in [7, 11) is -2.88. The number of benzene rings is 1. The van der Waals surface area contributed by atoms with Crippen LogP contribution in [0.15, 0.2) is 18.2 Å². The number of nitrogen functional groups attached to an aromatic ring is 1. The quantitative estimate of drug-likeness (QED) is 0.609. The molecule has 1 aromatic rings. The normalized spacial score (nSPS) is 12.5. The number of nitrogens with one attached hydrogen (secondary N) is 1. The van der Waals surface area contributed by atoms with Crippen LogP contribution in [0.2, 0.25) is 5.02 Å².